The Bertz CT molecular complexity index is 987. The van der Waals surface area contributed by atoms with E-state index in [1.54, 1.807) is 31.2 Å². The van der Waals surface area contributed by atoms with Crippen molar-refractivity contribution in [3.05, 3.63) is 76.1 Å². The predicted molar refractivity (Wildman–Crippen MR) is 83.1 cm³/mol. The standard InChI is InChI=1S/C18H11F2NO3.Y/c1-2-24-18(23)13-10-21(11-6-4-3-5-7-11)16-9-15(20)14(19)8-12(16)17(13)22;/h3-6,8,10H,2H2,1H3;/q-2;. The first-order valence-corrected chi connectivity index (χ1v) is 7.13. The van der Waals surface area contributed by atoms with Gasteiger partial charge in [-0.2, -0.15) is 24.3 Å². The SMILES string of the molecule is CCOC(=O)c1cn(-c2[c-]cccc2)c2[c-]c(F)c(F)cc2c1=O.[Y]. The van der Waals surface area contributed by atoms with Crippen molar-refractivity contribution in [3.8, 4) is 5.69 Å². The van der Waals surface area contributed by atoms with Crippen molar-refractivity contribution >= 4 is 16.9 Å². The van der Waals surface area contributed by atoms with Crippen molar-refractivity contribution in [2.45, 2.75) is 6.92 Å². The minimum atomic E-state index is -1.22. The molecule has 3 aromatic rings. The molecule has 3 rings (SSSR count). The number of carbonyl (C=O) groups is 1. The molecule has 0 bridgehead atoms. The van der Waals surface area contributed by atoms with Crippen LogP contribution in [0.25, 0.3) is 16.6 Å². The predicted octanol–water partition coefficient (Wildman–Crippen LogP) is 3.04. The molecular weight excluding hydrogens is 405 g/mol. The number of ether oxygens (including phenoxy) is 1. The summed E-state index contributed by atoms with van der Waals surface area (Å²) < 4.78 is 33.4. The molecule has 125 valence electrons. The Morgan fingerprint density at radius 1 is 1.32 bits per heavy atom. The second-order valence-electron chi connectivity index (χ2n) is 4.90. The number of hydrogen-bond acceptors (Lipinski definition) is 3. The van der Waals surface area contributed by atoms with Crippen LogP contribution in [-0.4, -0.2) is 17.1 Å². The molecule has 0 spiro atoms. The van der Waals surface area contributed by atoms with Crippen molar-refractivity contribution in [3.63, 3.8) is 0 Å². The molecule has 0 saturated heterocycles. The fourth-order valence-electron chi connectivity index (χ4n) is 2.33. The zero-order valence-corrected chi connectivity index (χ0v) is 16.0. The van der Waals surface area contributed by atoms with Gasteiger partial charge in [-0.15, -0.1) is 18.2 Å². The number of fused-ring (bicyclic) bond motifs is 1. The van der Waals surface area contributed by atoms with Crippen LogP contribution in [0.5, 0.6) is 0 Å². The number of pyridine rings is 1. The molecule has 0 saturated carbocycles. The van der Waals surface area contributed by atoms with Crippen LogP contribution in [-0.2, 0) is 37.4 Å². The van der Waals surface area contributed by atoms with E-state index in [1.165, 1.54) is 10.8 Å². The number of rotatable bonds is 3. The maximum Gasteiger partial charge on any atom is 0.342 e. The van der Waals surface area contributed by atoms with Crippen LogP contribution < -0.4 is 5.43 Å². The number of esters is 1. The molecule has 25 heavy (non-hydrogen) atoms. The van der Waals surface area contributed by atoms with Gasteiger partial charge in [0.05, 0.1) is 6.61 Å². The first-order valence-electron chi connectivity index (χ1n) is 7.13. The smallest absolute Gasteiger partial charge is 0.342 e. The minimum Gasteiger partial charge on any atom is -0.462 e. The molecule has 0 amide bonds. The maximum absolute atomic E-state index is 13.6. The zero-order chi connectivity index (χ0) is 17.3. The van der Waals surface area contributed by atoms with E-state index in [9.17, 15) is 18.4 Å². The molecule has 0 aliphatic rings. The largest absolute Gasteiger partial charge is 0.462 e. The van der Waals surface area contributed by atoms with Crippen LogP contribution in [0.2, 0.25) is 0 Å². The quantitative estimate of drug-likeness (QED) is 0.487. The van der Waals surface area contributed by atoms with Crippen molar-refractivity contribution in [1.29, 1.82) is 0 Å². The van der Waals surface area contributed by atoms with Gasteiger partial charge in [0.1, 0.15) is 11.0 Å². The third-order valence-corrected chi connectivity index (χ3v) is 3.40. The van der Waals surface area contributed by atoms with E-state index in [0.717, 1.165) is 6.07 Å². The second kappa shape index (κ2) is 7.98. The fourth-order valence-corrected chi connectivity index (χ4v) is 2.33. The Balaban J connectivity index is 0.00000225. The van der Waals surface area contributed by atoms with Gasteiger partial charge in [0.15, 0.2) is 0 Å². The van der Waals surface area contributed by atoms with Crippen LogP contribution >= 0.6 is 0 Å². The summed E-state index contributed by atoms with van der Waals surface area (Å²) in [4.78, 5) is 24.5. The summed E-state index contributed by atoms with van der Waals surface area (Å²) in [6, 6.07) is 12.6. The van der Waals surface area contributed by atoms with Crippen molar-refractivity contribution < 1.29 is 51.0 Å². The summed E-state index contributed by atoms with van der Waals surface area (Å²) in [5.74, 6) is -3.27. The maximum atomic E-state index is 13.6. The number of nitrogens with zero attached hydrogens (tertiary/aromatic N) is 1. The molecule has 1 radical (unpaired) electrons. The Labute approximate surface area is 167 Å². The molecule has 0 unspecified atom stereocenters. The Hall–Kier alpha value is -1.92. The average Bonchev–Trinajstić information content (AvgIpc) is 2.58. The fraction of sp³-hybridized carbons (Fsp3) is 0.111. The van der Waals surface area contributed by atoms with E-state index >= 15 is 0 Å². The molecule has 7 heteroatoms. The summed E-state index contributed by atoms with van der Waals surface area (Å²) >= 11 is 0. The zero-order valence-electron chi connectivity index (χ0n) is 13.2. The summed E-state index contributed by atoms with van der Waals surface area (Å²) in [5.41, 5.74) is -0.573. The number of benzene rings is 2. The molecule has 0 aliphatic heterocycles. The van der Waals surface area contributed by atoms with Crippen LogP contribution in [0.15, 0.2) is 41.3 Å². The van der Waals surface area contributed by atoms with Crippen LogP contribution in [0.1, 0.15) is 17.3 Å². The molecule has 0 fully saturated rings. The van der Waals surface area contributed by atoms with Crippen molar-refractivity contribution in [1.82, 2.24) is 4.57 Å². The van der Waals surface area contributed by atoms with E-state index in [2.05, 4.69) is 12.1 Å². The van der Waals surface area contributed by atoms with E-state index in [4.69, 9.17) is 4.74 Å². The molecule has 0 N–H and O–H groups in total. The van der Waals surface area contributed by atoms with Gasteiger partial charge in [-0.05, 0) is 6.92 Å². The third-order valence-electron chi connectivity index (χ3n) is 3.40. The normalized spacial score (nSPS) is 10.4. The molecular formula is C18H11F2NO3Y-2. The Morgan fingerprint density at radius 2 is 2.08 bits per heavy atom. The number of halogens is 2. The van der Waals surface area contributed by atoms with Crippen molar-refractivity contribution in [2.24, 2.45) is 0 Å². The van der Waals surface area contributed by atoms with Crippen LogP contribution in [0, 0.1) is 23.8 Å². The number of hydrogen-bond donors (Lipinski definition) is 0. The summed E-state index contributed by atoms with van der Waals surface area (Å²) in [5, 5.41) is -0.170. The molecule has 1 aromatic heterocycles. The van der Waals surface area contributed by atoms with E-state index in [1.807, 2.05) is 0 Å². The van der Waals surface area contributed by atoms with Crippen molar-refractivity contribution in [2.75, 3.05) is 6.61 Å². The van der Waals surface area contributed by atoms with Gasteiger partial charge < -0.3 is 14.1 Å². The Morgan fingerprint density at radius 3 is 2.72 bits per heavy atom. The summed E-state index contributed by atoms with van der Waals surface area (Å²) in [6.07, 6.45) is 1.22. The van der Waals surface area contributed by atoms with Gasteiger partial charge in [-0.3, -0.25) is 4.39 Å². The number of aromatic nitrogens is 1. The van der Waals surface area contributed by atoms with Gasteiger partial charge >= 0.3 is 5.97 Å². The minimum absolute atomic E-state index is 0. The summed E-state index contributed by atoms with van der Waals surface area (Å²) in [7, 11) is 0. The van der Waals surface area contributed by atoms with E-state index in [-0.39, 0.29) is 55.8 Å². The number of carbonyl (C=O) groups excluding carboxylic acids is 1. The second-order valence-corrected chi connectivity index (χ2v) is 4.90. The van der Waals surface area contributed by atoms with E-state index in [0.29, 0.717) is 5.69 Å². The van der Waals surface area contributed by atoms with Gasteiger partial charge in [-0.1, -0.05) is 16.6 Å². The Kier molecular flexibility index (Phi) is 6.19. The molecule has 0 atom stereocenters. The first-order chi connectivity index (χ1) is 11.5. The molecule has 4 nitrogen and oxygen atoms in total. The molecule has 0 aliphatic carbocycles. The topological polar surface area (TPSA) is 48.3 Å². The van der Waals surface area contributed by atoms with Gasteiger partial charge in [0, 0.05) is 50.5 Å². The number of para-hydroxylation sites is 1. The van der Waals surface area contributed by atoms with Gasteiger partial charge in [0.25, 0.3) is 0 Å². The van der Waals surface area contributed by atoms with E-state index < -0.39 is 23.0 Å². The third kappa shape index (κ3) is 3.70. The monoisotopic (exact) mass is 416 g/mol. The van der Waals surface area contributed by atoms with Gasteiger partial charge in [0.2, 0.25) is 0 Å². The summed E-state index contributed by atoms with van der Waals surface area (Å²) in [6.45, 7) is 1.68. The first kappa shape index (κ1) is 19.4. The van der Waals surface area contributed by atoms with Crippen LogP contribution in [0.3, 0.4) is 0 Å². The average molecular weight is 416 g/mol. The molecule has 1 heterocycles. The van der Waals surface area contributed by atoms with Gasteiger partial charge in [-0.25, -0.2) is 9.18 Å². The van der Waals surface area contributed by atoms with Crippen LogP contribution in [0.4, 0.5) is 8.78 Å². The molecule has 2 aromatic carbocycles.